The second-order valence-electron chi connectivity index (χ2n) is 6.36. The maximum Gasteiger partial charge on any atom is 0.244 e. The van der Waals surface area contributed by atoms with Crippen LogP contribution in [-0.2, 0) is 11.2 Å². The summed E-state index contributed by atoms with van der Waals surface area (Å²) in [6.07, 6.45) is 1.92. The van der Waals surface area contributed by atoms with Crippen LogP contribution in [-0.4, -0.2) is 16.7 Å². The van der Waals surface area contributed by atoms with Crippen LogP contribution < -0.4 is 5.43 Å². The molecule has 1 heterocycles. The summed E-state index contributed by atoms with van der Waals surface area (Å²) >= 11 is 15.5. The first-order valence-corrected chi connectivity index (χ1v) is 10.1. The Bertz CT molecular complexity index is 1040. The molecule has 1 aromatic heterocycles. The number of aromatic nitrogens is 1. The molecule has 3 aromatic rings. The van der Waals surface area contributed by atoms with Gasteiger partial charge in [0.1, 0.15) is 0 Å². The Kier molecular flexibility index (Phi) is 6.60. The molecule has 0 radical (unpaired) electrons. The van der Waals surface area contributed by atoms with Gasteiger partial charge in [0, 0.05) is 27.1 Å². The predicted octanol–water partition coefficient (Wildman–Crippen LogP) is 5.86. The van der Waals surface area contributed by atoms with Crippen LogP contribution >= 0.6 is 39.1 Å². The highest BCUT2D eigenvalue weighted by Gasteiger charge is 2.11. The Morgan fingerprint density at radius 3 is 2.50 bits per heavy atom. The first kappa shape index (κ1) is 20.6. The predicted molar refractivity (Wildman–Crippen MR) is 119 cm³/mol. The van der Waals surface area contributed by atoms with Crippen molar-refractivity contribution in [3.8, 4) is 5.69 Å². The van der Waals surface area contributed by atoms with Crippen molar-refractivity contribution in [1.82, 2.24) is 9.99 Å². The van der Waals surface area contributed by atoms with Crippen molar-refractivity contribution >= 4 is 51.3 Å². The molecular weight excluding hydrogens is 461 g/mol. The van der Waals surface area contributed by atoms with Crippen molar-refractivity contribution in [2.24, 2.45) is 5.10 Å². The van der Waals surface area contributed by atoms with Crippen molar-refractivity contribution in [2.75, 3.05) is 0 Å². The van der Waals surface area contributed by atoms with Crippen molar-refractivity contribution in [2.45, 2.75) is 20.3 Å². The molecule has 0 fully saturated rings. The Morgan fingerprint density at radius 1 is 1.11 bits per heavy atom. The lowest BCUT2D eigenvalue weighted by Gasteiger charge is -2.10. The first-order chi connectivity index (χ1) is 13.3. The van der Waals surface area contributed by atoms with Gasteiger partial charge < -0.3 is 4.57 Å². The molecule has 0 unspecified atom stereocenters. The highest BCUT2D eigenvalue weighted by Crippen LogP contribution is 2.27. The topological polar surface area (TPSA) is 46.4 Å². The zero-order valence-electron chi connectivity index (χ0n) is 15.3. The highest BCUT2D eigenvalue weighted by atomic mass is 79.9. The quantitative estimate of drug-likeness (QED) is 0.362. The summed E-state index contributed by atoms with van der Waals surface area (Å²) in [6, 6.07) is 15.1. The van der Waals surface area contributed by atoms with Gasteiger partial charge >= 0.3 is 0 Å². The summed E-state index contributed by atoms with van der Waals surface area (Å²) in [4.78, 5) is 12.1. The van der Waals surface area contributed by atoms with E-state index in [2.05, 4.69) is 31.0 Å². The summed E-state index contributed by atoms with van der Waals surface area (Å²) in [5.41, 5.74) is 7.35. The van der Waals surface area contributed by atoms with E-state index in [-0.39, 0.29) is 12.3 Å². The van der Waals surface area contributed by atoms with E-state index in [1.54, 1.807) is 12.3 Å². The van der Waals surface area contributed by atoms with E-state index in [4.69, 9.17) is 23.2 Å². The van der Waals surface area contributed by atoms with Gasteiger partial charge in [-0.25, -0.2) is 5.43 Å². The zero-order chi connectivity index (χ0) is 20.3. The normalized spacial score (nSPS) is 11.2. The second kappa shape index (κ2) is 8.95. The smallest absolute Gasteiger partial charge is 0.244 e. The summed E-state index contributed by atoms with van der Waals surface area (Å²) in [6.45, 7) is 3.99. The fourth-order valence-electron chi connectivity index (χ4n) is 2.94. The van der Waals surface area contributed by atoms with Crippen LogP contribution in [0.15, 0.2) is 58.1 Å². The Balaban J connectivity index is 1.71. The van der Waals surface area contributed by atoms with Crippen LogP contribution in [0.3, 0.4) is 0 Å². The molecule has 0 bridgehead atoms. The molecule has 0 atom stereocenters. The van der Waals surface area contributed by atoms with Crippen molar-refractivity contribution in [3.63, 3.8) is 0 Å². The molecule has 0 spiro atoms. The number of aryl methyl sites for hydroxylation is 1. The number of nitrogens with zero attached hydrogens (tertiary/aromatic N) is 2. The molecule has 0 saturated carbocycles. The minimum absolute atomic E-state index is 0.170. The van der Waals surface area contributed by atoms with E-state index in [0.29, 0.717) is 10.0 Å². The van der Waals surface area contributed by atoms with Gasteiger partial charge in [-0.1, -0.05) is 51.3 Å². The van der Waals surface area contributed by atoms with Gasteiger partial charge in [0.2, 0.25) is 5.91 Å². The second-order valence-corrected chi connectivity index (χ2v) is 8.09. The maximum atomic E-state index is 12.1. The molecule has 1 N–H and O–H groups in total. The number of benzene rings is 2. The molecule has 2 aromatic carbocycles. The highest BCUT2D eigenvalue weighted by molar-refractivity contribution is 9.10. The molecule has 4 nitrogen and oxygen atoms in total. The third-order valence-corrected chi connectivity index (χ3v) is 5.57. The van der Waals surface area contributed by atoms with Crippen LogP contribution in [0.5, 0.6) is 0 Å². The Hall–Kier alpha value is -2.08. The van der Waals surface area contributed by atoms with Crippen LogP contribution in [0.4, 0.5) is 0 Å². The molecule has 144 valence electrons. The van der Waals surface area contributed by atoms with E-state index < -0.39 is 0 Å². The lowest BCUT2D eigenvalue weighted by atomic mass is 10.1. The first-order valence-electron chi connectivity index (χ1n) is 8.56. The standard InChI is InChI=1S/C21H18BrCl2N3O/c1-13-9-16(14(2)27(13)18-7-8-19(23)20(24)11-18)12-25-26-21(28)10-15-3-5-17(22)6-4-15/h3-9,11-12H,10H2,1-2H3,(H,26,28)/b25-12+. The van der Waals surface area contributed by atoms with Crippen molar-refractivity contribution in [3.05, 3.63) is 85.6 Å². The number of hydrogen-bond donors (Lipinski definition) is 1. The number of rotatable bonds is 5. The summed E-state index contributed by atoms with van der Waals surface area (Å²) < 4.78 is 3.04. The number of nitrogens with one attached hydrogen (secondary N) is 1. The molecule has 0 aliphatic heterocycles. The number of amides is 1. The lowest BCUT2D eigenvalue weighted by Crippen LogP contribution is -2.19. The third kappa shape index (κ3) is 4.85. The lowest BCUT2D eigenvalue weighted by molar-refractivity contribution is -0.120. The number of hydrogen-bond acceptors (Lipinski definition) is 2. The minimum atomic E-state index is -0.170. The average Bonchev–Trinajstić information content (AvgIpc) is 2.93. The molecule has 0 saturated heterocycles. The van der Waals surface area contributed by atoms with Crippen LogP contribution in [0.1, 0.15) is 22.5 Å². The zero-order valence-corrected chi connectivity index (χ0v) is 18.4. The van der Waals surface area contributed by atoms with Gasteiger partial charge in [-0.3, -0.25) is 4.79 Å². The summed E-state index contributed by atoms with van der Waals surface area (Å²) in [7, 11) is 0. The molecule has 28 heavy (non-hydrogen) atoms. The van der Waals surface area contributed by atoms with Crippen LogP contribution in [0.2, 0.25) is 10.0 Å². The van der Waals surface area contributed by atoms with Gasteiger partial charge in [0.15, 0.2) is 0 Å². The number of carbonyl (C=O) groups excluding carboxylic acids is 1. The third-order valence-electron chi connectivity index (χ3n) is 4.30. The fourth-order valence-corrected chi connectivity index (χ4v) is 3.50. The molecule has 7 heteroatoms. The molecule has 1 amide bonds. The van der Waals surface area contributed by atoms with Gasteiger partial charge in [0.05, 0.1) is 22.7 Å². The van der Waals surface area contributed by atoms with Gasteiger partial charge in [-0.05, 0) is 55.8 Å². The van der Waals surface area contributed by atoms with Crippen molar-refractivity contribution in [1.29, 1.82) is 0 Å². The Morgan fingerprint density at radius 2 is 1.82 bits per heavy atom. The monoisotopic (exact) mass is 477 g/mol. The van der Waals surface area contributed by atoms with E-state index in [9.17, 15) is 4.79 Å². The summed E-state index contributed by atoms with van der Waals surface area (Å²) in [5, 5.41) is 5.12. The van der Waals surface area contributed by atoms with E-state index in [1.165, 1.54) is 0 Å². The molecule has 3 rings (SSSR count). The maximum absolute atomic E-state index is 12.1. The van der Waals surface area contributed by atoms with Gasteiger partial charge in [-0.2, -0.15) is 5.10 Å². The SMILES string of the molecule is Cc1cc(/C=N/NC(=O)Cc2ccc(Br)cc2)c(C)n1-c1ccc(Cl)c(Cl)c1. The number of carbonyl (C=O) groups is 1. The largest absolute Gasteiger partial charge is 0.318 e. The fraction of sp³-hybridized carbons (Fsp3) is 0.143. The number of halogens is 3. The average molecular weight is 479 g/mol. The molecule has 0 aliphatic rings. The van der Waals surface area contributed by atoms with E-state index in [1.807, 2.05) is 56.3 Å². The van der Waals surface area contributed by atoms with E-state index >= 15 is 0 Å². The minimum Gasteiger partial charge on any atom is -0.318 e. The Labute approximate surface area is 182 Å². The molecule has 0 aliphatic carbocycles. The molecular formula is C21H18BrCl2N3O. The summed E-state index contributed by atoms with van der Waals surface area (Å²) in [5.74, 6) is -0.170. The van der Waals surface area contributed by atoms with Gasteiger partial charge in [0.25, 0.3) is 0 Å². The van der Waals surface area contributed by atoms with Gasteiger partial charge in [-0.15, -0.1) is 0 Å². The van der Waals surface area contributed by atoms with E-state index in [0.717, 1.165) is 32.7 Å². The number of hydrazone groups is 1. The van der Waals surface area contributed by atoms with Crippen LogP contribution in [0.25, 0.3) is 5.69 Å². The van der Waals surface area contributed by atoms with Crippen LogP contribution in [0, 0.1) is 13.8 Å². The van der Waals surface area contributed by atoms with Crippen molar-refractivity contribution < 1.29 is 4.79 Å².